The van der Waals surface area contributed by atoms with Gasteiger partial charge in [-0.3, -0.25) is 0 Å². The Morgan fingerprint density at radius 3 is 2.36 bits per heavy atom. The van der Waals surface area contributed by atoms with Gasteiger partial charge >= 0.3 is 0 Å². The number of halogens is 1. The summed E-state index contributed by atoms with van der Waals surface area (Å²) in [6.07, 6.45) is 0.792. The second-order valence-electron chi connectivity index (χ2n) is 3.79. The van der Waals surface area contributed by atoms with Crippen LogP contribution in [0.1, 0.15) is 20.3 Å². The molecule has 0 aromatic heterocycles. The van der Waals surface area contributed by atoms with Gasteiger partial charge in [-0.05, 0) is 30.7 Å². The molecule has 0 amide bonds. The molecule has 0 saturated carbocycles. The summed E-state index contributed by atoms with van der Waals surface area (Å²) in [7, 11) is 0. The van der Waals surface area contributed by atoms with Crippen molar-refractivity contribution >= 4 is 23.4 Å². The first-order valence-corrected chi connectivity index (χ1v) is 5.78. The third-order valence-electron chi connectivity index (χ3n) is 1.92. The lowest BCUT2D eigenvalue weighted by atomic mass is 10.1. The van der Waals surface area contributed by atoms with Crippen molar-refractivity contribution in [2.75, 3.05) is 6.61 Å². The fourth-order valence-corrected chi connectivity index (χ4v) is 2.37. The van der Waals surface area contributed by atoms with Crippen molar-refractivity contribution in [3.8, 4) is 0 Å². The molecule has 3 heteroatoms. The molecule has 1 aromatic carbocycles. The van der Waals surface area contributed by atoms with Gasteiger partial charge in [-0.25, -0.2) is 0 Å². The molecule has 0 radical (unpaired) electrons. The van der Waals surface area contributed by atoms with E-state index in [0.29, 0.717) is 0 Å². The molecule has 0 saturated heterocycles. The third-order valence-corrected chi connectivity index (χ3v) is 3.44. The molecule has 0 aliphatic carbocycles. The Balaban J connectivity index is 2.64. The summed E-state index contributed by atoms with van der Waals surface area (Å²) in [5, 5.41) is 9.65. The maximum Gasteiger partial charge on any atom is 0.0444 e. The zero-order chi connectivity index (χ0) is 10.6. The molecule has 0 atom stereocenters. The normalized spacial score (nSPS) is 11.7. The standard InChI is InChI=1S/C11H15ClOS/c1-11(2,7-8-13)14-10-5-3-9(12)4-6-10/h3-6,13H,7-8H2,1-2H3. The summed E-state index contributed by atoms with van der Waals surface area (Å²) in [5.41, 5.74) is 0. The van der Waals surface area contributed by atoms with Crippen LogP contribution in [0.25, 0.3) is 0 Å². The number of hydrogen-bond acceptors (Lipinski definition) is 2. The number of aliphatic hydroxyl groups is 1. The van der Waals surface area contributed by atoms with Gasteiger partial charge in [0.15, 0.2) is 0 Å². The first-order chi connectivity index (χ1) is 6.53. The topological polar surface area (TPSA) is 20.2 Å². The highest BCUT2D eigenvalue weighted by Crippen LogP contribution is 2.35. The van der Waals surface area contributed by atoms with Crippen LogP contribution in [-0.4, -0.2) is 16.5 Å². The fraction of sp³-hybridized carbons (Fsp3) is 0.455. The van der Waals surface area contributed by atoms with E-state index in [1.54, 1.807) is 11.8 Å². The Kier molecular flexibility index (Phi) is 4.30. The van der Waals surface area contributed by atoms with E-state index in [1.807, 2.05) is 24.3 Å². The third kappa shape index (κ3) is 3.91. The smallest absolute Gasteiger partial charge is 0.0444 e. The highest BCUT2D eigenvalue weighted by atomic mass is 35.5. The van der Waals surface area contributed by atoms with Crippen LogP contribution in [0.4, 0.5) is 0 Å². The molecule has 78 valence electrons. The molecule has 1 nitrogen and oxygen atoms in total. The largest absolute Gasteiger partial charge is 0.396 e. The van der Waals surface area contributed by atoms with E-state index < -0.39 is 0 Å². The van der Waals surface area contributed by atoms with Crippen LogP contribution in [0.5, 0.6) is 0 Å². The molecule has 1 aromatic rings. The molecule has 0 heterocycles. The van der Waals surface area contributed by atoms with Crippen LogP contribution >= 0.6 is 23.4 Å². The van der Waals surface area contributed by atoms with Crippen LogP contribution in [0.15, 0.2) is 29.2 Å². The summed E-state index contributed by atoms with van der Waals surface area (Å²) in [4.78, 5) is 1.19. The average Bonchev–Trinajstić information content (AvgIpc) is 2.08. The van der Waals surface area contributed by atoms with Crippen LogP contribution in [0.2, 0.25) is 5.02 Å². The quantitative estimate of drug-likeness (QED) is 0.798. The van der Waals surface area contributed by atoms with Gasteiger partial charge < -0.3 is 5.11 Å². The van der Waals surface area contributed by atoms with E-state index in [1.165, 1.54) is 4.90 Å². The van der Waals surface area contributed by atoms with E-state index in [0.717, 1.165) is 11.4 Å². The van der Waals surface area contributed by atoms with E-state index in [-0.39, 0.29) is 11.4 Å². The Labute approximate surface area is 94.5 Å². The van der Waals surface area contributed by atoms with Gasteiger partial charge in [0.1, 0.15) is 0 Å². The van der Waals surface area contributed by atoms with Gasteiger partial charge in [0.25, 0.3) is 0 Å². The van der Waals surface area contributed by atoms with Crippen molar-refractivity contribution in [1.29, 1.82) is 0 Å². The molecule has 0 bridgehead atoms. The van der Waals surface area contributed by atoms with Crippen LogP contribution < -0.4 is 0 Å². The Morgan fingerprint density at radius 2 is 1.86 bits per heavy atom. The van der Waals surface area contributed by atoms with E-state index in [9.17, 15) is 0 Å². The molecule has 14 heavy (non-hydrogen) atoms. The Bertz CT molecular complexity index is 282. The predicted octanol–water partition coefficient (Wildman–Crippen LogP) is 3.59. The van der Waals surface area contributed by atoms with Gasteiger partial charge in [0.2, 0.25) is 0 Å². The van der Waals surface area contributed by atoms with Crippen molar-refractivity contribution < 1.29 is 5.11 Å². The SMILES string of the molecule is CC(C)(CCO)Sc1ccc(Cl)cc1. The zero-order valence-electron chi connectivity index (χ0n) is 8.46. The number of rotatable bonds is 4. The first-order valence-electron chi connectivity index (χ1n) is 4.59. The lowest BCUT2D eigenvalue weighted by Gasteiger charge is -2.22. The molecule has 0 fully saturated rings. The van der Waals surface area contributed by atoms with Gasteiger partial charge in [-0.2, -0.15) is 0 Å². The highest BCUT2D eigenvalue weighted by molar-refractivity contribution is 8.00. The van der Waals surface area contributed by atoms with Gasteiger partial charge in [0.05, 0.1) is 0 Å². The molecular weight excluding hydrogens is 216 g/mol. The zero-order valence-corrected chi connectivity index (χ0v) is 10.0. The molecule has 1 N–H and O–H groups in total. The predicted molar refractivity (Wildman–Crippen MR) is 63.1 cm³/mol. The Morgan fingerprint density at radius 1 is 1.29 bits per heavy atom. The summed E-state index contributed by atoms with van der Waals surface area (Å²) in [6.45, 7) is 4.48. The van der Waals surface area contributed by atoms with Crippen molar-refractivity contribution in [2.45, 2.75) is 29.9 Å². The summed E-state index contributed by atoms with van der Waals surface area (Å²) in [5.74, 6) is 0. The summed E-state index contributed by atoms with van der Waals surface area (Å²) in [6, 6.07) is 7.79. The summed E-state index contributed by atoms with van der Waals surface area (Å²) >= 11 is 7.56. The number of hydrogen-bond donors (Lipinski definition) is 1. The molecule has 0 aliphatic rings. The van der Waals surface area contributed by atoms with Crippen molar-refractivity contribution in [3.05, 3.63) is 29.3 Å². The van der Waals surface area contributed by atoms with Gasteiger partial charge in [-0.15, -0.1) is 11.8 Å². The van der Waals surface area contributed by atoms with Crippen LogP contribution in [-0.2, 0) is 0 Å². The van der Waals surface area contributed by atoms with Crippen molar-refractivity contribution in [3.63, 3.8) is 0 Å². The maximum atomic E-state index is 8.89. The number of benzene rings is 1. The number of aliphatic hydroxyl groups excluding tert-OH is 1. The number of thioether (sulfide) groups is 1. The minimum absolute atomic E-state index is 0.0720. The van der Waals surface area contributed by atoms with Crippen LogP contribution in [0.3, 0.4) is 0 Å². The van der Waals surface area contributed by atoms with E-state index in [2.05, 4.69) is 13.8 Å². The first kappa shape index (κ1) is 11.9. The fourth-order valence-electron chi connectivity index (χ4n) is 1.14. The molecule has 1 rings (SSSR count). The van der Waals surface area contributed by atoms with E-state index >= 15 is 0 Å². The Hall–Kier alpha value is -0.180. The monoisotopic (exact) mass is 230 g/mol. The van der Waals surface area contributed by atoms with Gasteiger partial charge in [-0.1, -0.05) is 25.4 Å². The molecule has 0 spiro atoms. The second-order valence-corrected chi connectivity index (χ2v) is 6.01. The van der Waals surface area contributed by atoms with Crippen molar-refractivity contribution in [1.82, 2.24) is 0 Å². The average molecular weight is 231 g/mol. The van der Waals surface area contributed by atoms with Gasteiger partial charge in [0, 0.05) is 21.3 Å². The minimum Gasteiger partial charge on any atom is -0.396 e. The molecule has 0 unspecified atom stereocenters. The minimum atomic E-state index is 0.0720. The van der Waals surface area contributed by atoms with E-state index in [4.69, 9.17) is 16.7 Å². The lowest BCUT2D eigenvalue weighted by Crippen LogP contribution is -2.16. The van der Waals surface area contributed by atoms with Crippen molar-refractivity contribution in [2.24, 2.45) is 0 Å². The lowest BCUT2D eigenvalue weighted by molar-refractivity contribution is 0.275. The summed E-state index contributed by atoms with van der Waals surface area (Å²) < 4.78 is 0.0720. The second kappa shape index (κ2) is 5.06. The van der Waals surface area contributed by atoms with Crippen LogP contribution in [0, 0.1) is 0 Å². The highest BCUT2D eigenvalue weighted by Gasteiger charge is 2.18. The maximum absolute atomic E-state index is 8.89. The molecule has 0 aliphatic heterocycles. The molecular formula is C11H15ClOS.